The average molecular weight is 258 g/mol. The number of benzene rings is 1. The van der Waals surface area contributed by atoms with Gasteiger partial charge in [-0.25, -0.2) is 0 Å². The molecule has 0 bridgehead atoms. The maximum absolute atomic E-state index is 11.1. The zero-order valence-electron chi connectivity index (χ0n) is 12.4. The number of fused-ring (bicyclic) bond motifs is 1. The molecule has 0 spiro atoms. The van der Waals surface area contributed by atoms with Crippen molar-refractivity contribution in [2.75, 3.05) is 0 Å². The third kappa shape index (κ3) is 1.94. The van der Waals surface area contributed by atoms with Crippen molar-refractivity contribution in [2.24, 2.45) is 11.3 Å². The lowest BCUT2D eigenvalue weighted by Gasteiger charge is -2.49. The van der Waals surface area contributed by atoms with Gasteiger partial charge in [-0.3, -0.25) is 0 Å². The monoisotopic (exact) mass is 258 g/mol. The van der Waals surface area contributed by atoms with Crippen LogP contribution in [0.4, 0.5) is 0 Å². The third-order valence-corrected chi connectivity index (χ3v) is 6.29. The van der Waals surface area contributed by atoms with E-state index in [-0.39, 0.29) is 5.41 Å². The second-order valence-corrected chi connectivity index (χ2v) is 7.24. The van der Waals surface area contributed by atoms with Gasteiger partial charge in [0.1, 0.15) is 0 Å². The smallest absolute Gasteiger partial charge is 0.0709 e. The van der Waals surface area contributed by atoms with Gasteiger partial charge >= 0.3 is 0 Å². The molecule has 0 amide bonds. The number of aryl methyl sites for hydroxylation is 1. The molecule has 4 unspecified atom stereocenters. The van der Waals surface area contributed by atoms with Crippen LogP contribution in [0.25, 0.3) is 0 Å². The van der Waals surface area contributed by atoms with Crippen LogP contribution in [-0.2, 0) is 0 Å². The highest BCUT2D eigenvalue weighted by atomic mass is 16.3. The lowest BCUT2D eigenvalue weighted by molar-refractivity contribution is -0.102. The average Bonchev–Trinajstić information content (AvgIpc) is 2.63. The molecule has 2 aliphatic carbocycles. The molecular weight excluding hydrogens is 232 g/mol. The predicted octanol–water partition coefficient (Wildman–Crippen LogP) is 4.43. The number of aliphatic hydroxyl groups is 1. The lowest BCUT2D eigenvalue weighted by atomic mass is 9.59. The molecule has 0 aromatic heterocycles. The second kappa shape index (κ2) is 4.34. The van der Waals surface area contributed by atoms with E-state index in [4.69, 9.17) is 0 Å². The molecule has 0 saturated heterocycles. The summed E-state index contributed by atoms with van der Waals surface area (Å²) in [5, 5.41) is 11.1. The van der Waals surface area contributed by atoms with Crippen LogP contribution >= 0.6 is 0 Å². The Morgan fingerprint density at radius 2 is 1.79 bits per heavy atom. The molecule has 19 heavy (non-hydrogen) atoms. The zero-order valence-corrected chi connectivity index (χ0v) is 12.4. The molecule has 0 heterocycles. The van der Waals surface area contributed by atoms with E-state index < -0.39 is 5.60 Å². The molecular formula is C18H26O. The summed E-state index contributed by atoms with van der Waals surface area (Å²) in [6, 6.07) is 8.91. The van der Waals surface area contributed by atoms with Crippen LogP contribution < -0.4 is 0 Å². The highest BCUT2D eigenvalue weighted by Gasteiger charge is 2.57. The lowest BCUT2D eigenvalue weighted by Crippen LogP contribution is -2.48. The van der Waals surface area contributed by atoms with Crippen molar-refractivity contribution in [3.63, 3.8) is 0 Å². The van der Waals surface area contributed by atoms with Crippen LogP contribution in [0.1, 0.15) is 63.0 Å². The molecule has 1 aromatic carbocycles. The van der Waals surface area contributed by atoms with E-state index in [1.54, 1.807) is 0 Å². The summed E-state index contributed by atoms with van der Waals surface area (Å²) >= 11 is 0. The normalized spacial score (nSPS) is 42.1. The van der Waals surface area contributed by atoms with Crippen LogP contribution in [0, 0.1) is 18.3 Å². The fraction of sp³-hybridized carbons (Fsp3) is 0.667. The topological polar surface area (TPSA) is 20.2 Å². The molecule has 1 heteroatoms. The standard InChI is InChI=1S/C18H26O/c1-13-4-6-15(7-5-13)16-9-10-17(3)14(2)8-11-18(17,19)12-16/h4-7,14,16,19H,8-12H2,1-3H3. The van der Waals surface area contributed by atoms with Gasteiger partial charge in [-0.1, -0.05) is 43.7 Å². The SMILES string of the molecule is Cc1ccc(C2CCC3(C)C(C)CCC3(O)C2)cc1. The minimum absolute atomic E-state index is 0.147. The van der Waals surface area contributed by atoms with Gasteiger partial charge in [-0.05, 0) is 61.8 Å². The Hall–Kier alpha value is -0.820. The molecule has 4 atom stereocenters. The van der Waals surface area contributed by atoms with Crippen LogP contribution in [-0.4, -0.2) is 10.7 Å². The molecule has 2 saturated carbocycles. The largest absolute Gasteiger partial charge is 0.389 e. The van der Waals surface area contributed by atoms with Crippen molar-refractivity contribution in [2.45, 2.75) is 64.4 Å². The first kappa shape index (κ1) is 13.2. The van der Waals surface area contributed by atoms with Gasteiger partial charge in [0.25, 0.3) is 0 Å². The van der Waals surface area contributed by atoms with E-state index in [9.17, 15) is 5.11 Å². The molecule has 0 aliphatic heterocycles. The molecule has 1 nitrogen and oxygen atoms in total. The summed E-state index contributed by atoms with van der Waals surface area (Å²) in [4.78, 5) is 0. The summed E-state index contributed by atoms with van der Waals surface area (Å²) in [7, 11) is 0. The Kier molecular flexibility index (Phi) is 3.01. The Labute approximate surface area is 117 Å². The van der Waals surface area contributed by atoms with Crippen LogP contribution in [0.5, 0.6) is 0 Å². The minimum Gasteiger partial charge on any atom is -0.389 e. The number of hydrogen-bond acceptors (Lipinski definition) is 1. The molecule has 104 valence electrons. The zero-order chi connectivity index (χ0) is 13.7. The second-order valence-electron chi connectivity index (χ2n) is 7.24. The summed E-state index contributed by atoms with van der Waals surface area (Å²) in [5.41, 5.74) is 2.45. The van der Waals surface area contributed by atoms with Gasteiger partial charge in [0, 0.05) is 0 Å². The fourth-order valence-electron chi connectivity index (χ4n) is 4.44. The molecule has 1 N–H and O–H groups in total. The van der Waals surface area contributed by atoms with Gasteiger partial charge in [-0.2, -0.15) is 0 Å². The van der Waals surface area contributed by atoms with Crippen molar-refractivity contribution >= 4 is 0 Å². The quantitative estimate of drug-likeness (QED) is 0.790. The summed E-state index contributed by atoms with van der Waals surface area (Å²) in [6.45, 7) is 6.77. The third-order valence-electron chi connectivity index (χ3n) is 6.29. The molecule has 2 fully saturated rings. The van der Waals surface area contributed by atoms with E-state index in [2.05, 4.69) is 45.0 Å². The highest BCUT2D eigenvalue weighted by molar-refractivity contribution is 5.26. The van der Waals surface area contributed by atoms with Crippen molar-refractivity contribution in [3.05, 3.63) is 35.4 Å². The predicted molar refractivity (Wildman–Crippen MR) is 79.2 cm³/mol. The summed E-state index contributed by atoms with van der Waals surface area (Å²) < 4.78 is 0. The van der Waals surface area contributed by atoms with Gasteiger partial charge in [-0.15, -0.1) is 0 Å². The molecule has 3 rings (SSSR count). The van der Waals surface area contributed by atoms with E-state index in [1.165, 1.54) is 30.4 Å². The van der Waals surface area contributed by atoms with Gasteiger partial charge in [0.15, 0.2) is 0 Å². The van der Waals surface area contributed by atoms with E-state index in [1.807, 2.05) is 0 Å². The van der Waals surface area contributed by atoms with Crippen LogP contribution in [0.2, 0.25) is 0 Å². The first-order valence-electron chi connectivity index (χ1n) is 7.74. The molecule has 2 aliphatic rings. The van der Waals surface area contributed by atoms with Crippen LogP contribution in [0.3, 0.4) is 0 Å². The molecule has 1 aromatic rings. The maximum atomic E-state index is 11.1. The van der Waals surface area contributed by atoms with Gasteiger partial charge < -0.3 is 5.11 Å². The Bertz CT molecular complexity index is 463. The van der Waals surface area contributed by atoms with Crippen molar-refractivity contribution in [1.29, 1.82) is 0 Å². The Balaban J connectivity index is 1.85. The number of rotatable bonds is 1. The maximum Gasteiger partial charge on any atom is 0.0709 e. The van der Waals surface area contributed by atoms with Crippen LogP contribution in [0.15, 0.2) is 24.3 Å². The minimum atomic E-state index is -0.430. The van der Waals surface area contributed by atoms with E-state index >= 15 is 0 Å². The summed E-state index contributed by atoms with van der Waals surface area (Å²) in [6.07, 6.45) is 5.53. The van der Waals surface area contributed by atoms with E-state index in [0.29, 0.717) is 11.8 Å². The Morgan fingerprint density at radius 1 is 1.11 bits per heavy atom. The molecule has 0 radical (unpaired) electrons. The fourth-order valence-corrected chi connectivity index (χ4v) is 4.44. The Morgan fingerprint density at radius 3 is 2.47 bits per heavy atom. The highest BCUT2D eigenvalue weighted by Crippen LogP contribution is 2.60. The van der Waals surface area contributed by atoms with Crippen molar-refractivity contribution in [3.8, 4) is 0 Å². The first-order valence-corrected chi connectivity index (χ1v) is 7.74. The van der Waals surface area contributed by atoms with Crippen molar-refractivity contribution < 1.29 is 5.11 Å². The summed E-state index contributed by atoms with van der Waals surface area (Å²) in [5.74, 6) is 1.21. The van der Waals surface area contributed by atoms with Gasteiger partial charge in [0.2, 0.25) is 0 Å². The number of hydrogen-bond donors (Lipinski definition) is 1. The first-order chi connectivity index (χ1) is 8.95. The van der Waals surface area contributed by atoms with Gasteiger partial charge in [0.05, 0.1) is 5.60 Å². The van der Waals surface area contributed by atoms with E-state index in [0.717, 1.165) is 12.8 Å². The van der Waals surface area contributed by atoms with Crippen molar-refractivity contribution in [1.82, 2.24) is 0 Å².